The van der Waals surface area contributed by atoms with Gasteiger partial charge in [0, 0.05) is 11.8 Å². The van der Waals surface area contributed by atoms with Crippen molar-refractivity contribution in [2.45, 2.75) is 19.9 Å². The fourth-order valence-electron chi connectivity index (χ4n) is 4.27. The topological polar surface area (TPSA) is 101 Å². The Labute approximate surface area is 251 Å². The molecule has 4 rings (SSSR count). The van der Waals surface area contributed by atoms with Crippen molar-refractivity contribution in [2.24, 2.45) is 0 Å². The molecule has 0 radical (unpaired) electrons. The lowest BCUT2D eigenvalue weighted by Crippen LogP contribution is -2.38. The molecule has 0 bridgehead atoms. The van der Waals surface area contributed by atoms with Crippen LogP contribution in [0.4, 0.5) is 25.4 Å². The minimum Gasteiger partial charge on any atom is -0.447 e. The average Bonchev–Trinajstić information content (AvgIpc) is 2.97. The SMILES string of the molecule is CCC[n+]1cc(Br)cc(C(=O)NCCOC(=O)N(CCOC(=O)Nc2cccc3ccccc23)c2cccc(F)c2)c1. The van der Waals surface area contributed by atoms with Crippen LogP contribution in [-0.4, -0.2) is 44.4 Å². The van der Waals surface area contributed by atoms with Gasteiger partial charge in [0.15, 0.2) is 12.4 Å². The van der Waals surface area contributed by atoms with Crippen molar-refractivity contribution in [3.05, 3.63) is 101 Å². The molecule has 0 atom stereocenters. The minimum atomic E-state index is -0.781. The van der Waals surface area contributed by atoms with Gasteiger partial charge in [0.05, 0.1) is 28.9 Å². The lowest BCUT2D eigenvalue weighted by atomic mass is 10.1. The summed E-state index contributed by atoms with van der Waals surface area (Å²) < 4.78 is 27.3. The molecular weight excluding hydrogens is 607 g/mol. The summed E-state index contributed by atoms with van der Waals surface area (Å²) in [5, 5.41) is 7.26. The Morgan fingerprint density at radius 1 is 0.952 bits per heavy atom. The minimum absolute atomic E-state index is 0.0613. The number of hydrogen-bond donors (Lipinski definition) is 2. The van der Waals surface area contributed by atoms with Gasteiger partial charge in [-0.05, 0) is 51.6 Å². The number of carbonyl (C=O) groups is 3. The number of pyridine rings is 1. The maximum atomic E-state index is 13.9. The normalized spacial score (nSPS) is 10.6. The number of nitrogens with zero attached hydrogens (tertiary/aromatic N) is 2. The number of nitrogens with one attached hydrogen (secondary N) is 2. The molecule has 0 aliphatic carbocycles. The van der Waals surface area contributed by atoms with Crippen molar-refractivity contribution in [3.8, 4) is 0 Å². The van der Waals surface area contributed by atoms with E-state index in [1.54, 1.807) is 24.4 Å². The molecule has 3 aromatic carbocycles. The summed E-state index contributed by atoms with van der Waals surface area (Å²) in [4.78, 5) is 39.2. The van der Waals surface area contributed by atoms with Gasteiger partial charge in [-0.3, -0.25) is 15.0 Å². The van der Waals surface area contributed by atoms with Crippen molar-refractivity contribution in [1.29, 1.82) is 0 Å². The maximum Gasteiger partial charge on any atom is 0.414 e. The summed E-state index contributed by atoms with van der Waals surface area (Å²) in [6.07, 6.45) is 3.07. The predicted octanol–water partition coefficient (Wildman–Crippen LogP) is 6.06. The van der Waals surface area contributed by atoms with Crippen LogP contribution in [0.1, 0.15) is 23.7 Å². The molecule has 0 unspecified atom stereocenters. The molecule has 42 heavy (non-hydrogen) atoms. The van der Waals surface area contributed by atoms with Gasteiger partial charge < -0.3 is 14.8 Å². The highest BCUT2D eigenvalue weighted by atomic mass is 79.9. The lowest BCUT2D eigenvalue weighted by molar-refractivity contribution is -0.697. The molecule has 3 amide bonds. The number of halogens is 2. The monoisotopic (exact) mass is 637 g/mol. The number of anilines is 2. The van der Waals surface area contributed by atoms with E-state index < -0.39 is 18.0 Å². The second-order valence-corrected chi connectivity index (χ2v) is 10.2. The molecule has 9 nitrogen and oxygen atoms in total. The Kier molecular flexibility index (Phi) is 10.8. The molecule has 0 saturated carbocycles. The zero-order chi connectivity index (χ0) is 29.9. The number of benzene rings is 3. The van der Waals surface area contributed by atoms with Gasteiger partial charge in [0.2, 0.25) is 0 Å². The van der Waals surface area contributed by atoms with Crippen LogP contribution in [0.15, 0.2) is 89.7 Å². The van der Waals surface area contributed by atoms with Gasteiger partial charge in [-0.2, -0.15) is 0 Å². The molecule has 0 fully saturated rings. The Morgan fingerprint density at radius 2 is 1.74 bits per heavy atom. The average molecular weight is 639 g/mol. The Hall–Kier alpha value is -4.51. The molecule has 0 spiro atoms. The van der Waals surface area contributed by atoms with Gasteiger partial charge in [-0.25, -0.2) is 18.5 Å². The van der Waals surface area contributed by atoms with Crippen molar-refractivity contribution in [3.63, 3.8) is 0 Å². The first-order valence-corrected chi connectivity index (χ1v) is 14.2. The van der Waals surface area contributed by atoms with E-state index in [1.807, 2.05) is 54.1 Å². The number of aryl methyl sites for hydroxylation is 1. The summed E-state index contributed by atoms with van der Waals surface area (Å²) in [7, 11) is 0. The van der Waals surface area contributed by atoms with E-state index in [0.29, 0.717) is 11.3 Å². The molecule has 218 valence electrons. The first kappa shape index (κ1) is 30.4. The van der Waals surface area contributed by atoms with Gasteiger partial charge >= 0.3 is 12.2 Å². The first-order valence-electron chi connectivity index (χ1n) is 13.4. The highest BCUT2D eigenvalue weighted by Crippen LogP contribution is 2.23. The van der Waals surface area contributed by atoms with Gasteiger partial charge in [0.1, 0.15) is 31.1 Å². The number of fused-ring (bicyclic) bond motifs is 1. The fourth-order valence-corrected chi connectivity index (χ4v) is 4.78. The standard InChI is InChI=1S/C31H30BrFN4O5/c1-2-14-36-20-23(18-24(32)21-36)29(38)34-13-16-42-31(40)37(26-10-6-9-25(33)19-26)15-17-41-30(39)35-28-12-5-8-22-7-3-4-11-27(22)28/h3-12,18-21H,2,13-17H2,1H3,(H-,34,35,38,39)/p+1. The Bertz CT molecular complexity index is 1560. The molecule has 1 heterocycles. The molecule has 2 N–H and O–H groups in total. The van der Waals surface area contributed by atoms with E-state index in [0.717, 1.165) is 33.1 Å². The maximum absolute atomic E-state index is 13.9. The lowest BCUT2D eigenvalue weighted by Gasteiger charge is -2.22. The van der Waals surface area contributed by atoms with Crippen LogP contribution in [0, 0.1) is 5.82 Å². The van der Waals surface area contributed by atoms with Crippen molar-refractivity contribution < 1.29 is 32.8 Å². The summed E-state index contributed by atoms with van der Waals surface area (Å²) in [5.74, 6) is -0.855. The van der Waals surface area contributed by atoms with E-state index in [9.17, 15) is 18.8 Å². The smallest absolute Gasteiger partial charge is 0.414 e. The zero-order valence-electron chi connectivity index (χ0n) is 23.0. The molecule has 0 saturated heterocycles. The number of ether oxygens (including phenoxy) is 2. The van der Waals surface area contributed by atoms with Crippen LogP contribution >= 0.6 is 15.9 Å². The quantitative estimate of drug-likeness (QED) is 0.154. The molecule has 11 heteroatoms. The molecule has 0 aliphatic rings. The molecule has 4 aromatic rings. The predicted molar refractivity (Wildman–Crippen MR) is 161 cm³/mol. The zero-order valence-corrected chi connectivity index (χ0v) is 24.6. The molecule has 0 aliphatic heterocycles. The van der Waals surface area contributed by atoms with E-state index >= 15 is 0 Å². The number of hydrogen-bond acceptors (Lipinski definition) is 5. The number of carbonyl (C=O) groups excluding carboxylic acids is 3. The van der Waals surface area contributed by atoms with Crippen LogP contribution in [0.2, 0.25) is 0 Å². The Morgan fingerprint density at radius 3 is 2.55 bits per heavy atom. The van der Waals surface area contributed by atoms with Gasteiger partial charge in [-0.1, -0.05) is 49.4 Å². The van der Waals surface area contributed by atoms with Crippen LogP contribution in [-0.2, 0) is 16.0 Å². The van der Waals surface area contributed by atoms with Crippen LogP contribution < -0.4 is 20.1 Å². The summed E-state index contributed by atoms with van der Waals surface area (Å²) >= 11 is 3.41. The van der Waals surface area contributed by atoms with Crippen LogP contribution in [0.5, 0.6) is 0 Å². The van der Waals surface area contributed by atoms with Gasteiger partial charge in [-0.15, -0.1) is 0 Å². The number of rotatable bonds is 11. The summed E-state index contributed by atoms with van der Waals surface area (Å²) in [6, 6.07) is 20.3. The second kappa shape index (κ2) is 14.9. The summed E-state index contributed by atoms with van der Waals surface area (Å²) in [5.41, 5.74) is 1.28. The van der Waals surface area contributed by atoms with E-state index in [4.69, 9.17) is 9.47 Å². The third-order valence-electron chi connectivity index (χ3n) is 6.16. The molecular formula is C31H31BrFN4O5+. The molecule has 1 aromatic heterocycles. The van der Waals surface area contributed by atoms with Crippen molar-refractivity contribution >= 4 is 56.2 Å². The third-order valence-corrected chi connectivity index (χ3v) is 6.59. The van der Waals surface area contributed by atoms with E-state index in [1.165, 1.54) is 18.2 Å². The number of amides is 3. The van der Waals surface area contributed by atoms with Gasteiger partial charge in [0.25, 0.3) is 5.91 Å². The second-order valence-electron chi connectivity index (χ2n) is 9.27. The van der Waals surface area contributed by atoms with Crippen LogP contribution in [0.25, 0.3) is 10.8 Å². The third kappa shape index (κ3) is 8.50. The summed E-state index contributed by atoms with van der Waals surface area (Å²) in [6.45, 7) is 2.48. The van der Waals surface area contributed by atoms with E-state index in [2.05, 4.69) is 26.6 Å². The Balaban J connectivity index is 1.31. The van der Waals surface area contributed by atoms with Crippen molar-refractivity contribution in [1.82, 2.24) is 5.32 Å². The van der Waals surface area contributed by atoms with E-state index in [-0.39, 0.29) is 37.9 Å². The largest absolute Gasteiger partial charge is 0.447 e. The highest BCUT2D eigenvalue weighted by molar-refractivity contribution is 9.10. The number of aromatic nitrogens is 1. The fraction of sp³-hybridized carbons (Fsp3) is 0.226. The highest BCUT2D eigenvalue weighted by Gasteiger charge is 2.19. The van der Waals surface area contributed by atoms with Crippen LogP contribution in [0.3, 0.4) is 0 Å². The first-order chi connectivity index (χ1) is 20.3. The van der Waals surface area contributed by atoms with Crippen molar-refractivity contribution in [2.75, 3.05) is 36.5 Å².